The summed E-state index contributed by atoms with van der Waals surface area (Å²) in [6, 6.07) is 0. The lowest BCUT2D eigenvalue weighted by Gasteiger charge is -2.35. The normalized spacial score (nSPS) is 31.6. The van der Waals surface area contributed by atoms with E-state index in [1.54, 1.807) is 6.21 Å². The molecule has 1 rings (SSSR count). The molecule has 0 aromatic carbocycles. The summed E-state index contributed by atoms with van der Waals surface area (Å²) in [6.07, 6.45) is 6.77. The predicted octanol–water partition coefficient (Wildman–Crippen LogP) is 3.49. The van der Waals surface area contributed by atoms with E-state index in [4.69, 9.17) is 5.41 Å². The fraction of sp³-hybridized carbons (Fsp3) is 0.909. The van der Waals surface area contributed by atoms with Gasteiger partial charge in [0.05, 0.1) is 0 Å². The second kappa shape index (κ2) is 3.59. The maximum Gasteiger partial charge on any atom is -0.00167 e. The molecule has 0 aromatic heterocycles. The molecule has 0 aliphatic heterocycles. The number of nitrogens with one attached hydrogen (secondary N) is 1. The Morgan fingerprint density at radius 1 is 1.08 bits per heavy atom. The van der Waals surface area contributed by atoms with Crippen LogP contribution in [0.25, 0.3) is 0 Å². The predicted molar refractivity (Wildman–Crippen MR) is 53.7 cm³/mol. The van der Waals surface area contributed by atoms with Gasteiger partial charge in [-0.05, 0) is 49.1 Å². The largest absolute Gasteiger partial charge is 0.313 e. The molecule has 1 fully saturated rings. The van der Waals surface area contributed by atoms with Crippen LogP contribution in [0, 0.1) is 22.7 Å². The quantitative estimate of drug-likeness (QED) is 0.578. The van der Waals surface area contributed by atoms with Crippen molar-refractivity contribution in [1.29, 1.82) is 5.41 Å². The molecule has 1 saturated carbocycles. The SMILES string of the molecule is CC(C)(C)C1CCC(C=N)CC1. The average Bonchev–Trinajstić information content (AvgIpc) is 2.03. The van der Waals surface area contributed by atoms with Gasteiger partial charge in [0, 0.05) is 0 Å². The van der Waals surface area contributed by atoms with Crippen molar-refractivity contribution in [2.24, 2.45) is 17.3 Å². The smallest absolute Gasteiger partial charge is 0.00167 e. The van der Waals surface area contributed by atoms with E-state index in [-0.39, 0.29) is 0 Å². The maximum atomic E-state index is 7.19. The molecule has 1 nitrogen and oxygen atoms in total. The van der Waals surface area contributed by atoms with Gasteiger partial charge >= 0.3 is 0 Å². The molecule has 0 bridgehead atoms. The van der Waals surface area contributed by atoms with Gasteiger partial charge in [0.2, 0.25) is 0 Å². The zero-order valence-corrected chi connectivity index (χ0v) is 8.56. The standard InChI is InChI=1S/C11H21N/c1-11(2,3)10-6-4-9(8-12)5-7-10/h8-10,12H,4-7H2,1-3H3. The Bertz CT molecular complexity index is 147. The molecular formula is C11H21N. The molecule has 1 N–H and O–H groups in total. The third kappa shape index (κ3) is 2.33. The molecule has 0 radical (unpaired) electrons. The Hall–Kier alpha value is -0.330. The summed E-state index contributed by atoms with van der Waals surface area (Å²) in [4.78, 5) is 0. The summed E-state index contributed by atoms with van der Waals surface area (Å²) in [6.45, 7) is 7.01. The summed E-state index contributed by atoms with van der Waals surface area (Å²) < 4.78 is 0. The fourth-order valence-electron chi connectivity index (χ4n) is 2.15. The first kappa shape index (κ1) is 9.76. The molecular weight excluding hydrogens is 146 g/mol. The topological polar surface area (TPSA) is 23.9 Å². The van der Waals surface area contributed by atoms with Crippen LogP contribution in [0.4, 0.5) is 0 Å². The van der Waals surface area contributed by atoms with Crippen LogP contribution in [0.2, 0.25) is 0 Å². The molecule has 1 aliphatic carbocycles. The van der Waals surface area contributed by atoms with Gasteiger partial charge < -0.3 is 5.41 Å². The van der Waals surface area contributed by atoms with Gasteiger partial charge in [0.25, 0.3) is 0 Å². The van der Waals surface area contributed by atoms with Crippen LogP contribution in [0.15, 0.2) is 0 Å². The van der Waals surface area contributed by atoms with Crippen molar-refractivity contribution >= 4 is 6.21 Å². The highest BCUT2D eigenvalue weighted by Gasteiger charge is 2.28. The van der Waals surface area contributed by atoms with Crippen molar-refractivity contribution in [2.75, 3.05) is 0 Å². The molecule has 1 aliphatic rings. The summed E-state index contributed by atoms with van der Waals surface area (Å²) >= 11 is 0. The lowest BCUT2D eigenvalue weighted by Crippen LogP contribution is -2.26. The summed E-state index contributed by atoms with van der Waals surface area (Å²) in [5, 5.41) is 7.19. The molecule has 0 saturated heterocycles. The zero-order valence-electron chi connectivity index (χ0n) is 8.56. The van der Waals surface area contributed by atoms with E-state index < -0.39 is 0 Å². The fourth-order valence-corrected chi connectivity index (χ4v) is 2.15. The Morgan fingerprint density at radius 2 is 1.58 bits per heavy atom. The lowest BCUT2D eigenvalue weighted by atomic mass is 9.70. The first-order chi connectivity index (χ1) is 5.54. The van der Waals surface area contributed by atoms with Crippen molar-refractivity contribution in [3.05, 3.63) is 0 Å². The Morgan fingerprint density at radius 3 is 1.92 bits per heavy atom. The average molecular weight is 167 g/mol. The van der Waals surface area contributed by atoms with Crippen molar-refractivity contribution < 1.29 is 0 Å². The van der Waals surface area contributed by atoms with Crippen LogP contribution in [-0.2, 0) is 0 Å². The third-order valence-electron chi connectivity index (χ3n) is 3.23. The molecule has 12 heavy (non-hydrogen) atoms. The zero-order chi connectivity index (χ0) is 9.19. The third-order valence-corrected chi connectivity index (χ3v) is 3.23. The minimum atomic E-state index is 0.479. The van der Waals surface area contributed by atoms with Crippen LogP contribution in [0.1, 0.15) is 46.5 Å². The first-order valence-electron chi connectivity index (χ1n) is 5.04. The van der Waals surface area contributed by atoms with Crippen LogP contribution in [0.5, 0.6) is 0 Å². The minimum absolute atomic E-state index is 0.479. The van der Waals surface area contributed by atoms with Gasteiger partial charge in [-0.15, -0.1) is 0 Å². The van der Waals surface area contributed by atoms with Crippen LogP contribution in [0.3, 0.4) is 0 Å². The van der Waals surface area contributed by atoms with E-state index in [1.807, 2.05) is 0 Å². The second-order valence-corrected chi connectivity index (χ2v) is 5.14. The first-order valence-corrected chi connectivity index (χ1v) is 5.04. The van der Waals surface area contributed by atoms with E-state index in [9.17, 15) is 0 Å². The van der Waals surface area contributed by atoms with E-state index in [0.717, 1.165) is 5.92 Å². The highest BCUT2D eigenvalue weighted by atomic mass is 14.4. The van der Waals surface area contributed by atoms with Crippen molar-refractivity contribution in [2.45, 2.75) is 46.5 Å². The van der Waals surface area contributed by atoms with Gasteiger partial charge in [-0.1, -0.05) is 20.8 Å². The lowest BCUT2D eigenvalue weighted by molar-refractivity contribution is 0.168. The van der Waals surface area contributed by atoms with Gasteiger partial charge in [-0.2, -0.15) is 0 Å². The van der Waals surface area contributed by atoms with Crippen molar-refractivity contribution in [3.8, 4) is 0 Å². The van der Waals surface area contributed by atoms with Crippen LogP contribution < -0.4 is 0 Å². The van der Waals surface area contributed by atoms with Crippen LogP contribution >= 0.6 is 0 Å². The Kier molecular flexibility index (Phi) is 2.92. The monoisotopic (exact) mass is 167 g/mol. The van der Waals surface area contributed by atoms with Crippen LogP contribution in [-0.4, -0.2) is 6.21 Å². The highest BCUT2D eigenvalue weighted by molar-refractivity contribution is 5.56. The molecule has 70 valence electrons. The molecule has 0 atom stereocenters. The molecule has 0 amide bonds. The number of rotatable bonds is 1. The molecule has 1 heteroatoms. The molecule has 0 aromatic rings. The number of hydrogen-bond acceptors (Lipinski definition) is 1. The summed E-state index contributed by atoms with van der Waals surface area (Å²) in [7, 11) is 0. The summed E-state index contributed by atoms with van der Waals surface area (Å²) in [5.74, 6) is 1.47. The van der Waals surface area contributed by atoms with E-state index >= 15 is 0 Å². The molecule has 0 spiro atoms. The van der Waals surface area contributed by atoms with Gasteiger partial charge in [0.1, 0.15) is 0 Å². The second-order valence-electron chi connectivity index (χ2n) is 5.14. The van der Waals surface area contributed by atoms with Gasteiger partial charge in [-0.3, -0.25) is 0 Å². The van der Waals surface area contributed by atoms with Gasteiger partial charge in [-0.25, -0.2) is 0 Å². The molecule has 0 unspecified atom stereocenters. The Labute approximate surface area is 76.1 Å². The Balaban J connectivity index is 2.41. The van der Waals surface area contributed by atoms with Crippen molar-refractivity contribution in [3.63, 3.8) is 0 Å². The molecule has 0 heterocycles. The minimum Gasteiger partial charge on any atom is -0.313 e. The van der Waals surface area contributed by atoms with Crippen molar-refractivity contribution in [1.82, 2.24) is 0 Å². The van der Waals surface area contributed by atoms with E-state index in [2.05, 4.69) is 20.8 Å². The maximum absolute atomic E-state index is 7.19. The van der Waals surface area contributed by atoms with E-state index in [1.165, 1.54) is 25.7 Å². The van der Waals surface area contributed by atoms with E-state index in [0.29, 0.717) is 11.3 Å². The van der Waals surface area contributed by atoms with Gasteiger partial charge in [0.15, 0.2) is 0 Å². The summed E-state index contributed by atoms with van der Waals surface area (Å²) in [5.41, 5.74) is 0.479. The highest BCUT2D eigenvalue weighted by Crippen LogP contribution is 2.39. The number of hydrogen-bond donors (Lipinski definition) is 1.